The normalized spacial score (nSPS) is 13.4. The molecular weight excluding hydrogens is 208 g/mol. The van der Waals surface area contributed by atoms with Gasteiger partial charge in [-0.15, -0.1) is 10.2 Å². The molecule has 16 heavy (non-hydrogen) atoms. The molecule has 0 aliphatic heterocycles. The van der Waals surface area contributed by atoms with Gasteiger partial charge in [0.25, 0.3) is 0 Å². The largest absolute Gasteiger partial charge is 0.354 e. The van der Waals surface area contributed by atoms with E-state index in [1.54, 1.807) is 31.6 Å². The van der Waals surface area contributed by atoms with Crippen molar-refractivity contribution in [3.05, 3.63) is 12.7 Å². The summed E-state index contributed by atoms with van der Waals surface area (Å²) in [7, 11) is 3.27. The van der Waals surface area contributed by atoms with Crippen LogP contribution >= 0.6 is 0 Å². The number of nitrogens with one attached hydrogen (secondary N) is 1. The van der Waals surface area contributed by atoms with Crippen LogP contribution in [0.3, 0.4) is 0 Å². The molecule has 0 spiro atoms. The third kappa shape index (κ3) is 3.79. The second-order valence-electron chi connectivity index (χ2n) is 4.07. The molecule has 6 nitrogen and oxygen atoms in total. The van der Waals surface area contributed by atoms with E-state index in [1.807, 2.05) is 0 Å². The van der Waals surface area contributed by atoms with Crippen molar-refractivity contribution in [3.63, 3.8) is 0 Å². The molecule has 1 aromatic rings. The highest BCUT2D eigenvalue weighted by atomic mass is 16.7. The highest BCUT2D eigenvalue weighted by molar-refractivity contribution is 4.85. The van der Waals surface area contributed by atoms with Gasteiger partial charge in [-0.3, -0.25) is 0 Å². The Hall–Kier alpha value is -1.14. The van der Waals surface area contributed by atoms with Gasteiger partial charge < -0.3 is 14.9 Å². The first kappa shape index (κ1) is 12.9. The Labute approximate surface area is 95.9 Å². The second-order valence-corrected chi connectivity index (χ2v) is 4.07. The number of hydrogen-bond donors (Lipinski definition) is 1. The summed E-state index contributed by atoms with van der Waals surface area (Å²) < 4.78 is 12.3. The molecule has 1 unspecified atom stereocenters. The Morgan fingerprint density at radius 1 is 1.19 bits per heavy atom. The number of rotatable bonds is 7. The molecule has 0 radical (unpaired) electrons. The van der Waals surface area contributed by atoms with Crippen LogP contribution in [-0.4, -0.2) is 41.4 Å². The van der Waals surface area contributed by atoms with Crippen molar-refractivity contribution >= 4 is 0 Å². The molecule has 1 N–H and O–H groups in total. The molecule has 0 aliphatic rings. The Bertz CT molecular complexity index is 272. The van der Waals surface area contributed by atoms with E-state index in [0.717, 1.165) is 6.42 Å². The quantitative estimate of drug-likeness (QED) is 0.701. The zero-order valence-corrected chi connectivity index (χ0v) is 10.3. The van der Waals surface area contributed by atoms with Gasteiger partial charge >= 0.3 is 0 Å². The van der Waals surface area contributed by atoms with Crippen LogP contribution in [0.4, 0.5) is 0 Å². The van der Waals surface area contributed by atoms with Gasteiger partial charge in [0.2, 0.25) is 0 Å². The molecule has 1 heterocycles. The Balaban J connectivity index is 2.62. The SMILES string of the molecule is COC(OC)C(CC(C)C)Nn1cnnc1. The molecule has 1 aromatic heterocycles. The van der Waals surface area contributed by atoms with Crippen LogP contribution in [0.1, 0.15) is 20.3 Å². The Morgan fingerprint density at radius 3 is 2.19 bits per heavy atom. The van der Waals surface area contributed by atoms with Crippen molar-refractivity contribution in [2.45, 2.75) is 32.6 Å². The van der Waals surface area contributed by atoms with Gasteiger partial charge in [-0.1, -0.05) is 13.8 Å². The minimum atomic E-state index is -0.287. The smallest absolute Gasteiger partial charge is 0.178 e. The van der Waals surface area contributed by atoms with Crippen molar-refractivity contribution < 1.29 is 9.47 Å². The summed E-state index contributed by atoms with van der Waals surface area (Å²) in [5.41, 5.74) is 3.23. The molecule has 0 bridgehead atoms. The van der Waals surface area contributed by atoms with Crippen molar-refractivity contribution in [2.75, 3.05) is 19.6 Å². The van der Waals surface area contributed by atoms with E-state index in [2.05, 4.69) is 29.5 Å². The maximum absolute atomic E-state index is 5.27. The fourth-order valence-corrected chi connectivity index (χ4v) is 1.62. The first-order chi connectivity index (χ1) is 7.67. The summed E-state index contributed by atoms with van der Waals surface area (Å²) in [5.74, 6) is 0.543. The van der Waals surface area contributed by atoms with Gasteiger partial charge in [-0.2, -0.15) is 0 Å². The van der Waals surface area contributed by atoms with E-state index in [4.69, 9.17) is 9.47 Å². The number of hydrogen-bond acceptors (Lipinski definition) is 5. The predicted octanol–water partition coefficient (Wildman–Crippen LogP) is 0.855. The standard InChI is InChI=1S/C10H20N4O2/c1-8(2)5-9(10(15-3)16-4)13-14-6-11-12-7-14/h6-10,13H,5H2,1-4H3. The zero-order chi connectivity index (χ0) is 12.0. The fraction of sp³-hybridized carbons (Fsp3) is 0.800. The first-order valence-electron chi connectivity index (χ1n) is 5.34. The monoisotopic (exact) mass is 228 g/mol. The van der Waals surface area contributed by atoms with E-state index in [9.17, 15) is 0 Å². The van der Waals surface area contributed by atoms with Gasteiger partial charge in [0.1, 0.15) is 12.7 Å². The molecule has 1 rings (SSSR count). The van der Waals surface area contributed by atoms with E-state index in [0.29, 0.717) is 5.92 Å². The van der Waals surface area contributed by atoms with Crippen LogP contribution in [0.2, 0.25) is 0 Å². The lowest BCUT2D eigenvalue weighted by Gasteiger charge is -2.27. The van der Waals surface area contributed by atoms with E-state index in [-0.39, 0.29) is 12.3 Å². The van der Waals surface area contributed by atoms with Crippen LogP contribution in [0.25, 0.3) is 0 Å². The summed E-state index contributed by atoms with van der Waals surface area (Å²) in [4.78, 5) is 0. The van der Waals surface area contributed by atoms with Crippen LogP contribution in [-0.2, 0) is 9.47 Å². The van der Waals surface area contributed by atoms with Gasteiger partial charge in [-0.05, 0) is 12.3 Å². The molecule has 0 fully saturated rings. The molecule has 0 saturated carbocycles. The molecule has 0 amide bonds. The minimum absolute atomic E-state index is 0.0611. The van der Waals surface area contributed by atoms with Crippen molar-refractivity contribution in [3.8, 4) is 0 Å². The summed E-state index contributed by atoms with van der Waals surface area (Å²) in [5, 5.41) is 7.47. The average molecular weight is 228 g/mol. The topological polar surface area (TPSA) is 61.2 Å². The Morgan fingerprint density at radius 2 is 1.75 bits per heavy atom. The van der Waals surface area contributed by atoms with E-state index < -0.39 is 0 Å². The van der Waals surface area contributed by atoms with Gasteiger partial charge in [0.05, 0.1) is 6.04 Å². The van der Waals surface area contributed by atoms with E-state index in [1.165, 1.54) is 0 Å². The molecule has 0 aromatic carbocycles. The van der Waals surface area contributed by atoms with Crippen LogP contribution in [0.15, 0.2) is 12.7 Å². The third-order valence-electron chi connectivity index (χ3n) is 2.25. The molecule has 92 valence electrons. The van der Waals surface area contributed by atoms with Crippen LogP contribution in [0, 0.1) is 5.92 Å². The zero-order valence-electron chi connectivity index (χ0n) is 10.3. The van der Waals surface area contributed by atoms with E-state index >= 15 is 0 Å². The lowest BCUT2D eigenvalue weighted by atomic mass is 10.0. The van der Waals surface area contributed by atoms with Crippen molar-refractivity contribution in [2.24, 2.45) is 5.92 Å². The van der Waals surface area contributed by atoms with Crippen LogP contribution < -0.4 is 5.43 Å². The molecule has 1 atom stereocenters. The maximum Gasteiger partial charge on any atom is 0.178 e. The fourth-order valence-electron chi connectivity index (χ4n) is 1.62. The number of ether oxygens (including phenoxy) is 2. The summed E-state index contributed by atoms with van der Waals surface area (Å²) in [6, 6.07) is 0.0611. The predicted molar refractivity (Wildman–Crippen MR) is 60.4 cm³/mol. The molecule has 0 saturated heterocycles. The molecule has 0 aliphatic carbocycles. The van der Waals surface area contributed by atoms with Gasteiger partial charge in [-0.25, -0.2) is 4.68 Å². The highest BCUT2D eigenvalue weighted by Crippen LogP contribution is 2.12. The molecular formula is C10H20N4O2. The summed E-state index contributed by atoms with van der Waals surface area (Å²) >= 11 is 0. The first-order valence-corrected chi connectivity index (χ1v) is 5.34. The summed E-state index contributed by atoms with van der Waals surface area (Å²) in [6.45, 7) is 4.31. The summed E-state index contributed by atoms with van der Waals surface area (Å²) in [6.07, 6.45) is 3.86. The van der Waals surface area contributed by atoms with Crippen molar-refractivity contribution in [1.82, 2.24) is 14.9 Å². The number of nitrogens with zero attached hydrogens (tertiary/aromatic N) is 3. The Kier molecular flexibility index (Phi) is 5.21. The average Bonchev–Trinajstić information content (AvgIpc) is 2.71. The second kappa shape index (κ2) is 6.44. The lowest BCUT2D eigenvalue weighted by molar-refractivity contribution is -0.116. The van der Waals surface area contributed by atoms with Gasteiger partial charge in [0.15, 0.2) is 6.29 Å². The minimum Gasteiger partial charge on any atom is -0.354 e. The van der Waals surface area contributed by atoms with Crippen molar-refractivity contribution in [1.29, 1.82) is 0 Å². The van der Waals surface area contributed by atoms with Gasteiger partial charge in [0, 0.05) is 14.2 Å². The highest BCUT2D eigenvalue weighted by Gasteiger charge is 2.22. The lowest BCUT2D eigenvalue weighted by Crippen LogP contribution is -2.41. The number of methoxy groups -OCH3 is 2. The van der Waals surface area contributed by atoms with Crippen LogP contribution in [0.5, 0.6) is 0 Å². The third-order valence-corrected chi connectivity index (χ3v) is 2.25. The maximum atomic E-state index is 5.27. The molecule has 6 heteroatoms. The number of aromatic nitrogens is 3.